The Morgan fingerprint density at radius 3 is 1.76 bits per heavy atom. The lowest BCUT2D eigenvalue weighted by Crippen LogP contribution is -2.10. The van der Waals surface area contributed by atoms with Gasteiger partial charge in [0.15, 0.2) is 22.9 Å². The number of aryl methyl sites for hydroxylation is 3. The lowest BCUT2D eigenvalue weighted by atomic mass is 10.2. The van der Waals surface area contributed by atoms with Crippen LogP contribution in [0.25, 0.3) is 33.8 Å². The number of hydrogen-bond acceptors (Lipinski definition) is 11. The molecule has 0 atom stereocenters. The van der Waals surface area contributed by atoms with Crippen molar-refractivity contribution in [2.24, 2.45) is 25.7 Å². The zero-order valence-corrected chi connectivity index (χ0v) is 32.1. The number of hydrogen-bond donors (Lipinski definition) is 3. The molecule has 0 aliphatic carbocycles. The quantitative estimate of drug-likeness (QED) is 0.148. The van der Waals surface area contributed by atoms with E-state index in [1.54, 1.807) is 27.8 Å². The molecule has 0 unspecified atom stereocenters. The van der Waals surface area contributed by atoms with Crippen LogP contribution in [0.4, 0.5) is 17.3 Å². The van der Waals surface area contributed by atoms with E-state index in [2.05, 4.69) is 81.3 Å². The van der Waals surface area contributed by atoms with E-state index in [0.29, 0.717) is 11.7 Å². The second kappa shape index (κ2) is 19.5. The van der Waals surface area contributed by atoms with Crippen molar-refractivity contribution in [3.63, 3.8) is 0 Å². The molecule has 15 nitrogen and oxygen atoms in total. The number of anilines is 3. The zero-order valence-electron chi connectivity index (χ0n) is 30.5. The van der Waals surface area contributed by atoms with Crippen molar-refractivity contribution < 1.29 is 0 Å². The molecule has 0 saturated carbocycles. The van der Waals surface area contributed by atoms with Gasteiger partial charge in [-0.15, -0.1) is 0 Å². The Morgan fingerprint density at radius 2 is 1.31 bits per heavy atom. The van der Waals surface area contributed by atoms with Crippen LogP contribution in [0.15, 0.2) is 78.7 Å². The van der Waals surface area contributed by atoms with Crippen molar-refractivity contribution in [3.05, 3.63) is 84.4 Å². The Bertz CT molecular complexity index is 2150. The minimum Gasteiger partial charge on any atom is -0.367 e. The minimum absolute atomic E-state index is 0.560. The van der Waals surface area contributed by atoms with Crippen molar-refractivity contribution in [3.8, 4) is 28.6 Å². The fourth-order valence-electron chi connectivity index (χ4n) is 4.63. The highest BCUT2D eigenvalue weighted by molar-refractivity contribution is 9.10. The first-order chi connectivity index (χ1) is 24.7. The molecule has 0 bridgehead atoms. The molecule has 0 radical (unpaired) electrons. The summed E-state index contributed by atoms with van der Waals surface area (Å²) < 4.78 is 8.32. The minimum atomic E-state index is 0.560. The topological polar surface area (TPSA) is 183 Å². The Balaban J connectivity index is 0.000000237. The molecule has 4 N–H and O–H groups in total. The van der Waals surface area contributed by atoms with Crippen molar-refractivity contribution in [1.82, 2.24) is 53.3 Å². The molecule has 16 heteroatoms. The predicted molar refractivity (Wildman–Crippen MR) is 206 cm³/mol. The summed E-state index contributed by atoms with van der Waals surface area (Å²) in [6.45, 7) is 12.6. The average Bonchev–Trinajstić information content (AvgIpc) is 3.94. The summed E-state index contributed by atoms with van der Waals surface area (Å²) in [5.74, 6) is 2.04. The zero-order chi connectivity index (χ0) is 37.5. The van der Waals surface area contributed by atoms with Crippen LogP contribution < -0.4 is 16.4 Å². The molecule has 51 heavy (non-hydrogen) atoms. The van der Waals surface area contributed by atoms with Gasteiger partial charge in [0.1, 0.15) is 4.60 Å². The molecule has 0 aliphatic rings. The first-order valence-electron chi connectivity index (χ1n) is 16.3. The van der Waals surface area contributed by atoms with Gasteiger partial charge in [0, 0.05) is 81.6 Å². The highest BCUT2D eigenvalue weighted by Gasteiger charge is 2.14. The number of nitrogens with one attached hydrogen (secondary N) is 2. The van der Waals surface area contributed by atoms with Crippen LogP contribution in [0.3, 0.4) is 0 Å². The number of fused-ring (bicyclic) bond motifs is 2. The molecule has 7 rings (SSSR count). The standard InChI is InChI=1S/C16H14BrN7.C14H18N6.C2H3N.C2H6.CH5N/c1-10-3-4-12(14(17)21-10)22-15-16-19-8-13(24(16)6-5-18-15)11-7-20-23(2)9-11;1-10(2)6-16-13-14-17-8-12(20(14)5-4-15-13)11-7-18-19(3)9-11;1-2-3;2*1-2/h3-9H,1-2H3,(H,18,22);4-5,7-10H,6H2,1-3H3,(H,15,16);1H3;1-2H3;2H2,1H3. The largest absolute Gasteiger partial charge is 0.367 e. The molecule has 0 aromatic carbocycles. The molecule has 0 amide bonds. The van der Waals surface area contributed by atoms with Gasteiger partial charge in [-0.05, 0) is 48.0 Å². The summed E-state index contributed by atoms with van der Waals surface area (Å²) in [5, 5.41) is 22.4. The maximum absolute atomic E-state index is 7.32. The third-order valence-electron chi connectivity index (χ3n) is 6.78. The Kier molecular flexibility index (Phi) is 15.2. The highest BCUT2D eigenvalue weighted by atomic mass is 79.9. The van der Waals surface area contributed by atoms with E-state index in [9.17, 15) is 0 Å². The van der Waals surface area contributed by atoms with Crippen LogP contribution in [0.5, 0.6) is 0 Å². The molecular weight excluding hydrogens is 710 g/mol. The van der Waals surface area contributed by atoms with Gasteiger partial charge in [-0.1, -0.05) is 27.7 Å². The number of rotatable bonds is 7. The van der Waals surface area contributed by atoms with Crippen LogP contribution >= 0.6 is 15.9 Å². The van der Waals surface area contributed by atoms with Gasteiger partial charge in [-0.2, -0.15) is 15.5 Å². The molecule has 0 saturated heterocycles. The Labute approximate surface area is 306 Å². The summed E-state index contributed by atoms with van der Waals surface area (Å²) in [7, 11) is 5.30. The second-order valence-electron chi connectivity index (χ2n) is 10.9. The smallest absolute Gasteiger partial charge is 0.180 e. The van der Waals surface area contributed by atoms with E-state index in [1.165, 1.54) is 14.0 Å². The van der Waals surface area contributed by atoms with E-state index in [1.807, 2.05) is 105 Å². The molecule has 7 heterocycles. The summed E-state index contributed by atoms with van der Waals surface area (Å²) >= 11 is 3.47. The highest BCUT2D eigenvalue weighted by Crippen LogP contribution is 2.28. The normalized spacial score (nSPS) is 10.1. The van der Waals surface area contributed by atoms with Crippen LogP contribution in [0.1, 0.15) is 40.3 Å². The van der Waals surface area contributed by atoms with Gasteiger partial charge in [-0.3, -0.25) is 18.2 Å². The monoisotopic (exact) mass is 755 g/mol. The second-order valence-corrected chi connectivity index (χ2v) is 11.7. The van der Waals surface area contributed by atoms with Crippen LogP contribution in [-0.2, 0) is 14.1 Å². The average molecular weight is 757 g/mol. The van der Waals surface area contributed by atoms with E-state index < -0.39 is 0 Å². The maximum Gasteiger partial charge on any atom is 0.180 e. The number of nitrogens with two attached hydrogens (primary N) is 1. The van der Waals surface area contributed by atoms with Crippen molar-refractivity contribution >= 4 is 44.5 Å². The molecule has 7 aromatic rings. The summed E-state index contributed by atoms with van der Waals surface area (Å²) in [6, 6.07) is 5.66. The number of imidazole rings is 2. The number of nitrogens with zero attached hydrogens (tertiary/aromatic N) is 12. The van der Waals surface area contributed by atoms with Gasteiger partial charge >= 0.3 is 0 Å². The van der Waals surface area contributed by atoms with E-state index in [0.717, 1.165) is 62.2 Å². The fourth-order valence-corrected chi connectivity index (χ4v) is 5.14. The van der Waals surface area contributed by atoms with Gasteiger partial charge in [0.2, 0.25) is 0 Å². The number of nitriles is 1. The molecule has 7 aromatic heterocycles. The first kappa shape index (κ1) is 39.8. The predicted octanol–water partition coefficient (Wildman–Crippen LogP) is 6.67. The third-order valence-corrected chi connectivity index (χ3v) is 7.38. The summed E-state index contributed by atoms with van der Waals surface area (Å²) in [5.41, 5.74) is 11.9. The number of pyridine rings is 1. The van der Waals surface area contributed by atoms with Crippen molar-refractivity contribution in [1.29, 1.82) is 5.26 Å². The number of aromatic nitrogens is 11. The van der Waals surface area contributed by atoms with Crippen LogP contribution in [0.2, 0.25) is 0 Å². The van der Waals surface area contributed by atoms with Crippen LogP contribution in [-0.4, -0.2) is 66.9 Å². The maximum atomic E-state index is 7.32. The van der Waals surface area contributed by atoms with Crippen molar-refractivity contribution in [2.75, 3.05) is 24.2 Å². The summed E-state index contributed by atoms with van der Waals surface area (Å²) in [6.07, 6.45) is 18.6. The lowest BCUT2D eigenvalue weighted by molar-refractivity contribution is 0.687. The van der Waals surface area contributed by atoms with E-state index in [-0.39, 0.29) is 0 Å². The molecule has 0 aliphatic heterocycles. The van der Waals surface area contributed by atoms with Gasteiger partial charge < -0.3 is 16.4 Å². The Morgan fingerprint density at radius 1 is 0.824 bits per heavy atom. The molecular formula is C35H46BrN15. The SMILES string of the molecule is CC.CC#N.CC(C)CNc1nccn2c(-c3cnn(C)c3)cnc12.CN.Cc1ccc(Nc2nccn3c(-c4cnn(C)c4)cnc23)c(Br)n1. The van der Waals surface area contributed by atoms with E-state index >= 15 is 0 Å². The molecule has 268 valence electrons. The molecule has 0 fully saturated rings. The van der Waals surface area contributed by atoms with Gasteiger partial charge in [-0.25, -0.2) is 24.9 Å². The van der Waals surface area contributed by atoms with Crippen molar-refractivity contribution in [2.45, 2.75) is 41.5 Å². The number of halogens is 1. The van der Waals surface area contributed by atoms with Gasteiger partial charge in [0.25, 0.3) is 0 Å². The third kappa shape index (κ3) is 10.2. The van der Waals surface area contributed by atoms with E-state index in [4.69, 9.17) is 5.26 Å². The Hall–Kier alpha value is -5.66. The molecule has 0 spiro atoms. The van der Waals surface area contributed by atoms with Crippen LogP contribution in [0, 0.1) is 24.2 Å². The fraction of sp³-hybridized carbons (Fsp3) is 0.314. The first-order valence-corrected chi connectivity index (χ1v) is 17.1. The summed E-state index contributed by atoms with van der Waals surface area (Å²) in [4.78, 5) is 22.2. The lowest BCUT2D eigenvalue weighted by Gasteiger charge is -2.09. The van der Waals surface area contributed by atoms with Gasteiger partial charge in [0.05, 0.1) is 47.9 Å².